The van der Waals surface area contributed by atoms with Crippen molar-refractivity contribution in [3.05, 3.63) is 54.6 Å². The van der Waals surface area contributed by atoms with Crippen LogP contribution in [0.25, 0.3) is 0 Å². The number of hydrogen-bond donors (Lipinski definition) is 1. The lowest BCUT2D eigenvalue weighted by Crippen LogP contribution is -2.40. The molecule has 0 aliphatic rings. The maximum atomic E-state index is 12.1. The summed E-state index contributed by atoms with van der Waals surface area (Å²) in [4.78, 5) is 14.2. The monoisotopic (exact) mass is 328 g/mol. The number of amides is 1. The molecule has 0 fully saturated rings. The average Bonchev–Trinajstić information content (AvgIpc) is 2.62. The Morgan fingerprint density at radius 2 is 1.71 bits per heavy atom. The Kier molecular flexibility index (Phi) is 6.49. The Morgan fingerprint density at radius 1 is 1.08 bits per heavy atom. The molecule has 2 aromatic rings. The van der Waals surface area contributed by atoms with Crippen LogP contribution in [0.4, 0.5) is 5.69 Å². The molecule has 0 aliphatic carbocycles. The first-order valence-corrected chi connectivity index (χ1v) is 7.95. The molecule has 1 amide bonds. The summed E-state index contributed by atoms with van der Waals surface area (Å²) in [5.74, 6) is 1.26. The van der Waals surface area contributed by atoms with Crippen LogP contribution < -0.4 is 19.7 Å². The topological polar surface area (TPSA) is 50.8 Å². The van der Waals surface area contributed by atoms with Gasteiger partial charge in [-0.3, -0.25) is 4.79 Å². The van der Waals surface area contributed by atoms with Gasteiger partial charge < -0.3 is 19.7 Å². The summed E-state index contributed by atoms with van der Waals surface area (Å²) in [5.41, 5.74) is 1.12. The molecular formula is C19H24N2O3. The van der Waals surface area contributed by atoms with E-state index >= 15 is 0 Å². The number of nitrogens with zero attached hydrogens (tertiary/aromatic N) is 1. The van der Waals surface area contributed by atoms with Crippen molar-refractivity contribution < 1.29 is 14.3 Å². The molecule has 0 saturated heterocycles. The SMILES string of the molecule is COc1ccc(O[C@H](C)C(=O)NCCN(C)c2ccccc2)cc1. The third-order valence-corrected chi connectivity index (χ3v) is 3.68. The largest absolute Gasteiger partial charge is 0.497 e. The highest BCUT2D eigenvalue weighted by molar-refractivity contribution is 5.80. The van der Waals surface area contributed by atoms with Crippen LogP contribution in [0.2, 0.25) is 0 Å². The fraction of sp³-hybridized carbons (Fsp3) is 0.316. The number of rotatable bonds is 8. The molecule has 0 radical (unpaired) electrons. The minimum absolute atomic E-state index is 0.132. The van der Waals surface area contributed by atoms with Crippen LogP contribution in [-0.4, -0.2) is 39.3 Å². The zero-order valence-electron chi connectivity index (χ0n) is 14.4. The van der Waals surface area contributed by atoms with E-state index in [1.807, 2.05) is 37.4 Å². The molecule has 0 unspecified atom stereocenters. The van der Waals surface area contributed by atoms with E-state index in [0.717, 1.165) is 18.0 Å². The average molecular weight is 328 g/mol. The number of hydrogen-bond acceptors (Lipinski definition) is 4. The van der Waals surface area contributed by atoms with Gasteiger partial charge in [0.1, 0.15) is 11.5 Å². The van der Waals surface area contributed by atoms with E-state index in [-0.39, 0.29) is 5.91 Å². The van der Waals surface area contributed by atoms with Gasteiger partial charge in [0, 0.05) is 25.8 Å². The predicted molar refractivity (Wildman–Crippen MR) is 95.8 cm³/mol. The number of methoxy groups -OCH3 is 1. The highest BCUT2D eigenvalue weighted by Crippen LogP contribution is 2.18. The number of carbonyl (C=O) groups excluding carboxylic acids is 1. The Balaban J connectivity index is 1.75. The summed E-state index contributed by atoms with van der Waals surface area (Å²) in [6, 6.07) is 17.2. The van der Waals surface area contributed by atoms with Crippen molar-refractivity contribution in [2.75, 3.05) is 32.1 Å². The maximum absolute atomic E-state index is 12.1. The Morgan fingerprint density at radius 3 is 2.33 bits per heavy atom. The fourth-order valence-corrected chi connectivity index (χ4v) is 2.21. The fourth-order valence-electron chi connectivity index (χ4n) is 2.21. The highest BCUT2D eigenvalue weighted by Gasteiger charge is 2.14. The van der Waals surface area contributed by atoms with Crippen LogP contribution in [0.15, 0.2) is 54.6 Å². The van der Waals surface area contributed by atoms with Crippen LogP contribution in [0.5, 0.6) is 11.5 Å². The zero-order chi connectivity index (χ0) is 17.4. The number of nitrogens with one attached hydrogen (secondary N) is 1. The number of benzene rings is 2. The maximum Gasteiger partial charge on any atom is 0.260 e. The molecule has 0 aromatic heterocycles. The van der Waals surface area contributed by atoms with Gasteiger partial charge in [0.2, 0.25) is 0 Å². The second kappa shape index (κ2) is 8.82. The second-order valence-electron chi connectivity index (χ2n) is 5.48. The van der Waals surface area contributed by atoms with E-state index in [4.69, 9.17) is 9.47 Å². The first-order chi connectivity index (χ1) is 11.6. The van der Waals surface area contributed by atoms with Crippen molar-refractivity contribution in [2.45, 2.75) is 13.0 Å². The molecule has 0 saturated carbocycles. The molecular weight excluding hydrogens is 304 g/mol. The van der Waals surface area contributed by atoms with Gasteiger partial charge in [0.25, 0.3) is 5.91 Å². The molecule has 128 valence electrons. The Labute approximate surface area is 143 Å². The molecule has 5 heteroatoms. The zero-order valence-corrected chi connectivity index (χ0v) is 14.4. The van der Waals surface area contributed by atoms with Crippen molar-refractivity contribution >= 4 is 11.6 Å². The highest BCUT2D eigenvalue weighted by atomic mass is 16.5. The smallest absolute Gasteiger partial charge is 0.260 e. The molecule has 0 spiro atoms. The van der Waals surface area contributed by atoms with Gasteiger partial charge in [-0.2, -0.15) is 0 Å². The van der Waals surface area contributed by atoms with Gasteiger partial charge in [-0.25, -0.2) is 0 Å². The first kappa shape index (κ1) is 17.7. The Hall–Kier alpha value is -2.69. The molecule has 0 heterocycles. The lowest BCUT2D eigenvalue weighted by Gasteiger charge is -2.20. The molecule has 2 aromatic carbocycles. The molecule has 2 rings (SSSR count). The standard InChI is InChI=1S/C19H24N2O3/c1-15(24-18-11-9-17(23-3)10-12-18)19(22)20-13-14-21(2)16-7-5-4-6-8-16/h4-12,15H,13-14H2,1-3H3,(H,20,22)/t15-/m1/s1. The molecule has 0 aliphatic heterocycles. The van der Waals surface area contributed by atoms with Gasteiger partial charge in [0.15, 0.2) is 6.10 Å². The Bertz CT molecular complexity index is 629. The summed E-state index contributed by atoms with van der Waals surface area (Å²) in [6.07, 6.45) is -0.555. The van der Waals surface area contributed by atoms with E-state index in [9.17, 15) is 4.79 Å². The van der Waals surface area contributed by atoms with Gasteiger partial charge in [-0.1, -0.05) is 18.2 Å². The number of likely N-dealkylation sites (N-methyl/N-ethyl adjacent to an activating group) is 1. The lowest BCUT2D eigenvalue weighted by atomic mass is 10.3. The molecule has 24 heavy (non-hydrogen) atoms. The summed E-state index contributed by atoms with van der Waals surface area (Å²) in [7, 11) is 3.61. The normalized spacial score (nSPS) is 11.5. The summed E-state index contributed by atoms with van der Waals surface area (Å²) >= 11 is 0. The summed E-state index contributed by atoms with van der Waals surface area (Å²) < 4.78 is 10.7. The number of anilines is 1. The predicted octanol–water partition coefficient (Wildman–Crippen LogP) is 2.72. The van der Waals surface area contributed by atoms with E-state index in [1.165, 1.54) is 0 Å². The number of para-hydroxylation sites is 1. The minimum Gasteiger partial charge on any atom is -0.497 e. The van der Waals surface area contributed by atoms with Gasteiger partial charge in [0.05, 0.1) is 7.11 Å². The quantitative estimate of drug-likeness (QED) is 0.809. The first-order valence-electron chi connectivity index (χ1n) is 7.95. The van der Waals surface area contributed by atoms with Crippen LogP contribution in [-0.2, 0) is 4.79 Å². The summed E-state index contributed by atoms with van der Waals surface area (Å²) in [5, 5.41) is 2.90. The lowest BCUT2D eigenvalue weighted by molar-refractivity contribution is -0.127. The second-order valence-corrected chi connectivity index (χ2v) is 5.48. The van der Waals surface area contributed by atoms with Crippen molar-refractivity contribution in [1.29, 1.82) is 0 Å². The van der Waals surface area contributed by atoms with Crippen molar-refractivity contribution in [1.82, 2.24) is 5.32 Å². The minimum atomic E-state index is -0.555. The third-order valence-electron chi connectivity index (χ3n) is 3.68. The van der Waals surface area contributed by atoms with E-state index in [0.29, 0.717) is 12.3 Å². The van der Waals surface area contributed by atoms with Crippen LogP contribution in [0, 0.1) is 0 Å². The van der Waals surface area contributed by atoms with Crippen LogP contribution >= 0.6 is 0 Å². The van der Waals surface area contributed by atoms with Gasteiger partial charge in [-0.15, -0.1) is 0 Å². The van der Waals surface area contributed by atoms with Crippen LogP contribution in [0.1, 0.15) is 6.92 Å². The third kappa shape index (κ3) is 5.19. The molecule has 5 nitrogen and oxygen atoms in total. The van der Waals surface area contributed by atoms with Crippen molar-refractivity contribution in [3.63, 3.8) is 0 Å². The summed E-state index contributed by atoms with van der Waals surface area (Å²) in [6.45, 7) is 3.02. The van der Waals surface area contributed by atoms with Gasteiger partial charge in [-0.05, 0) is 43.3 Å². The number of ether oxygens (including phenoxy) is 2. The van der Waals surface area contributed by atoms with E-state index in [2.05, 4.69) is 10.2 Å². The number of carbonyl (C=O) groups is 1. The van der Waals surface area contributed by atoms with Crippen LogP contribution in [0.3, 0.4) is 0 Å². The van der Waals surface area contributed by atoms with Gasteiger partial charge >= 0.3 is 0 Å². The van der Waals surface area contributed by atoms with Crippen molar-refractivity contribution in [2.24, 2.45) is 0 Å². The molecule has 0 bridgehead atoms. The molecule has 1 N–H and O–H groups in total. The van der Waals surface area contributed by atoms with E-state index in [1.54, 1.807) is 38.3 Å². The van der Waals surface area contributed by atoms with Crippen molar-refractivity contribution in [3.8, 4) is 11.5 Å². The van der Waals surface area contributed by atoms with E-state index < -0.39 is 6.10 Å². The molecule has 1 atom stereocenters.